The van der Waals surface area contributed by atoms with Gasteiger partial charge in [0.25, 0.3) is 0 Å². The molecule has 0 radical (unpaired) electrons. The molecule has 1 aromatic rings. The molecule has 0 fully saturated rings. The first-order chi connectivity index (χ1) is 9.56. The molecule has 0 unspecified atom stereocenters. The molecule has 0 atom stereocenters. The molecule has 0 spiro atoms. The molecule has 0 amide bonds. The number of aryl methyl sites for hydroxylation is 1. The van der Waals surface area contributed by atoms with Gasteiger partial charge in [0.15, 0.2) is 0 Å². The molecule has 110 valence electrons. The average molecular weight is 278 g/mol. The monoisotopic (exact) mass is 278 g/mol. The lowest BCUT2D eigenvalue weighted by Crippen LogP contribution is -2.09. The first-order valence-corrected chi connectivity index (χ1v) is 6.93. The van der Waals surface area contributed by atoms with Crippen LogP contribution in [0.15, 0.2) is 18.2 Å². The van der Waals surface area contributed by atoms with Crippen LogP contribution in [0, 0.1) is 5.92 Å². The highest BCUT2D eigenvalue weighted by atomic mass is 16.5. The second-order valence-electron chi connectivity index (χ2n) is 4.99. The number of rotatable bonds is 8. The third-order valence-electron chi connectivity index (χ3n) is 2.70. The van der Waals surface area contributed by atoms with Gasteiger partial charge in [-0.3, -0.25) is 9.59 Å². The average Bonchev–Trinajstić information content (AvgIpc) is 2.43. The third-order valence-corrected chi connectivity index (χ3v) is 2.70. The molecular weight excluding hydrogens is 256 g/mol. The maximum absolute atomic E-state index is 11.4. The van der Waals surface area contributed by atoms with Gasteiger partial charge in [-0.05, 0) is 43.0 Å². The Morgan fingerprint density at radius 3 is 2.70 bits per heavy atom. The summed E-state index contributed by atoms with van der Waals surface area (Å²) in [5.74, 6) is 0.908. The van der Waals surface area contributed by atoms with Crippen LogP contribution in [-0.2, 0) is 16.0 Å². The van der Waals surface area contributed by atoms with Crippen LogP contribution < -0.4 is 4.74 Å². The van der Waals surface area contributed by atoms with E-state index in [0.717, 1.165) is 17.6 Å². The lowest BCUT2D eigenvalue weighted by atomic mass is 10.1. The summed E-state index contributed by atoms with van der Waals surface area (Å²) in [7, 11) is 0. The molecule has 0 heterocycles. The molecule has 0 bridgehead atoms. The van der Waals surface area contributed by atoms with E-state index in [1.807, 2.05) is 0 Å². The number of benzene rings is 1. The third kappa shape index (κ3) is 5.43. The van der Waals surface area contributed by atoms with Crippen LogP contribution in [0.3, 0.4) is 0 Å². The predicted octanol–water partition coefficient (Wildman–Crippen LogP) is 3.03. The van der Waals surface area contributed by atoms with E-state index in [4.69, 9.17) is 9.47 Å². The summed E-state index contributed by atoms with van der Waals surface area (Å²) < 4.78 is 10.6. The highest BCUT2D eigenvalue weighted by molar-refractivity contribution is 5.76. The Balaban J connectivity index is 2.77. The van der Waals surface area contributed by atoms with Crippen molar-refractivity contribution in [2.45, 2.75) is 33.6 Å². The van der Waals surface area contributed by atoms with Crippen LogP contribution in [0.25, 0.3) is 0 Å². The summed E-state index contributed by atoms with van der Waals surface area (Å²) in [5.41, 5.74) is 1.45. The molecule has 0 saturated heterocycles. The van der Waals surface area contributed by atoms with Crippen LogP contribution in [0.4, 0.5) is 0 Å². The predicted molar refractivity (Wildman–Crippen MR) is 77.1 cm³/mol. The van der Waals surface area contributed by atoms with E-state index in [1.165, 1.54) is 0 Å². The highest BCUT2D eigenvalue weighted by Crippen LogP contribution is 2.22. The van der Waals surface area contributed by atoms with Gasteiger partial charge in [-0.2, -0.15) is 0 Å². The smallest absolute Gasteiger partial charge is 0.306 e. The van der Waals surface area contributed by atoms with E-state index in [1.54, 1.807) is 25.1 Å². The minimum absolute atomic E-state index is 0.237. The highest BCUT2D eigenvalue weighted by Gasteiger charge is 2.09. The van der Waals surface area contributed by atoms with Gasteiger partial charge in [-0.1, -0.05) is 13.8 Å². The molecular formula is C16H22O4. The first kappa shape index (κ1) is 16.2. The number of esters is 1. The molecule has 0 aliphatic rings. The zero-order valence-corrected chi connectivity index (χ0v) is 12.3. The van der Waals surface area contributed by atoms with Crippen molar-refractivity contribution < 1.29 is 19.1 Å². The lowest BCUT2D eigenvalue weighted by molar-refractivity contribution is -0.143. The number of ether oxygens (including phenoxy) is 2. The Morgan fingerprint density at radius 2 is 2.10 bits per heavy atom. The standard InChI is InChI=1S/C16H22O4/c1-4-19-16(18)8-6-14-9-13(10-17)5-7-15(14)20-11-12(2)3/h5,7,9-10,12H,4,6,8,11H2,1-3H3. The van der Waals surface area contributed by atoms with Crippen molar-refractivity contribution in [2.75, 3.05) is 13.2 Å². The summed E-state index contributed by atoms with van der Waals surface area (Å²) >= 11 is 0. The summed E-state index contributed by atoms with van der Waals surface area (Å²) in [5, 5.41) is 0. The van der Waals surface area contributed by atoms with Crippen LogP contribution in [-0.4, -0.2) is 25.5 Å². The zero-order valence-electron chi connectivity index (χ0n) is 12.3. The number of hydrogen-bond acceptors (Lipinski definition) is 4. The molecule has 0 aromatic heterocycles. The Kier molecular flexibility index (Phi) is 6.77. The second-order valence-corrected chi connectivity index (χ2v) is 4.99. The van der Waals surface area contributed by atoms with Crippen molar-refractivity contribution in [2.24, 2.45) is 5.92 Å². The van der Waals surface area contributed by atoms with Crippen LogP contribution >= 0.6 is 0 Å². The van der Waals surface area contributed by atoms with Gasteiger partial charge in [0.2, 0.25) is 0 Å². The van der Waals surface area contributed by atoms with E-state index in [0.29, 0.717) is 31.1 Å². The summed E-state index contributed by atoms with van der Waals surface area (Å²) in [6, 6.07) is 5.27. The molecule has 1 rings (SSSR count). The molecule has 0 saturated carbocycles. The number of aldehydes is 1. The van der Waals surface area contributed by atoms with Gasteiger partial charge in [0, 0.05) is 12.0 Å². The van der Waals surface area contributed by atoms with Crippen molar-refractivity contribution in [1.82, 2.24) is 0 Å². The number of carbonyl (C=O) groups excluding carboxylic acids is 2. The fourth-order valence-corrected chi connectivity index (χ4v) is 1.74. The molecule has 1 aromatic carbocycles. The number of hydrogen-bond donors (Lipinski definition) is 0. The van der Waals surface area contributed by atoms with Crippen molar-refractivity contribution in [1.29, 1.82) is 0 Å². The molecule has 4 nitrogen and oxygen atoms in total. The Hall–Kier alpha value is -1.84. The molecule has 20 heavy (non-hydrogen) atoms. The van der Waals surface area contributed by atoms with Crippen molar-refractivity contribution >= 4 is 12.3 Å². The topological polar surface area (TPSA) is 52.6 Å². The van der Waals surface area contributed by atoms with Gasteiger partial charge >= 0.3 is 5.97 Å². The normalized spacial score (nSPS) is 10.4. The largest absolute Gasteiger partial charge is 0.493 e. The van der Waals surface area contributed by atoms with Crippen molar-refractivity contribution in [3.05, 3.63) is 29.3 Å². The summed E-state index contributed by atoms with van der Waals surface area (Å²) in [6.07, 6.45) is 1.59. The van der Waals surface area contributed by atoms with Gasteiger partial charge in [-0.25, -0.2) is 0 Å². The SMILES string of the molecule is CCOC(=O)CCc1cc(C=O)ccc1OCC(C)C. The minimum Gasteiger partial charge on any atom is -0.493 e. The maximum Gasteiger partial charge on any atom is 0.306 e. The lowest BCUT2D eigenvalue weighted by Gasteiger charge is -2.13. The van der Waals surface area contributed by atoms with Gasteiger partial charge in [-0.15, -0.1) is 0 Å². The molecule has 4 heteroatoms. The van der Waals surface area contributed by atoms with E-state index >= 15 is 0 Å². The van der Waals surface area contributed by atoms with Crippen molar-refractivity contribution in [3.8, 4) is 5.75 Å². The van der Waals surface area contributed by atoms with E-state index in [-0.39, 0.29) is 12.4 Å². The van der Waals surface area contributed by atoms with E-state index in [2.05, 4.69) is 13.8 Å². The maximum atomic E-state index is 11.4. The fourth-order valence-electron chi connectivity index (χ4n) is 1.74. The van der Waals surface area contributed by atoms with Crippen molar-refractivity contribution in [3.63, 3.8) is 0 Å². The van der Waals surface area contributed by atoms with Crippen LogP contribution in [0.1, 0.15) is 43.1 Å². The Labute approximate surface area is 120 Å². The molecule has 0 N–H and O–H groups in total. The number of carbonyl (C=O) groups is 2. The van der Waals surface area contributed by atoms with Crippen LogP contribution in [0.2, 0.25) is 0 Å². The van der Waals surface area contributed by atoms with Gasteiger partial charge in [0.1, 0.15) is 12.0 Å². The quantitative estimate of drug-likeness (QED) is 0.542. The molecule has 0 aliphatic carbocycles. The minimum atomic E-state index is -0.237. The molecule has 0 aliphatic heterocycles. The first-order valence-electron chi connectivity index (χ1n) is 6.93. The Morgan fingerprint density at radius 1 is 1.35 bits per heavy atom. The van der Waals surface area contributed by atoms with E-state index < -0.39 is 0 Å². The zero-order chi connectivity index (χ0) is 15.0. The summed E-state index contributed by atoms with van der Waals surface area (Å²) in [6.45, 7) is 6.90. The summed E-state index contributed by atoms with van der Waals surface area (Å²) in [4.78, 5) is 22.3. The van der Waals surface area contributed by atoms with Gasteiger partial charge in [0.05, 0.1) is 13.2 Å². The fraction of sp³-hybridized carbons (Fsp3) is 0.500. The second kappa shape index (κ2) is 8.35. The van der Waals surface area contributed by atoms with E-state index in [9.17, 15) is 9.59 Å². The van der Waals surface area contributed by atoms with Gasteiger partial charge < -0.3 is 9.47 Å². The Bertz CT molecular complexity index is 452. The van der Waals surface area contributed by atoms with Crippen LogP contribution in [0.5, 0.6) is 5.75 Å².